The molecule has 88 valence electrons. The number of aromatic amines is 2. The Morgan fingerprint density at radius 1 is 1.29 bits per heavy atom. The van der Waals surface area contributed by atoms with Crippen molar-refractivity contribution in [2.75, 3.05) is 7.11 Å². The van der Waals surface area contributed by atoms with Crippen LogP contribution in [0.15, 0.2) is 34.0 Å². The molecule has 0 aliphatic rings. The Hall–Kier alpha value is -2.37. The third-order valence-corrected chi connectivity index (χ3v) is 2.28. The lowest BCUT2D eigenvalue weighted by atomic mass is 10.1. The molecule has 2 aromatic rings. The van der Waals surface area contributed by atoms with E-state index >= 15 is 0 Å². The molecule has 1 aromatic carbocycles. The lowest BCUT2D eigenvalue weighted by Crippen LogP contribution is -2.22. The first-order valence-corrected chi connectivity index (χ1v) is 4.77. The van der Waals surface area contributed by atoms with Crippen LogP contribution in [-0.4, -0.2) is 17.1 Å². The molecule has 0 bridgehead atoms. The summed E-state index contributed by atoms with van der Waals surface area (Å²) in [7, 11) is 1.35. The zero-order chi connectivity index (χ0) is 12.4. The number of H-pyrrole nitrogens is 2. The Balaban J connectivity index is 2.57. The second-order valence-corrected chi connectivity index (χ2v) is 3.33. The fourth-order valence-electron chi connectivity index (χ4n) is 1.46. The zero-order valence-corrected chi connectivity index (χ0v) is 8.91. The summed E-state index contributed by atoms with van der Waals surface area (Å²) in [6.45, 7) is 0. The molecule has 0 aliphatic heterocycles. The van der Waals surface area contributed by atoms with Gasteiger partial charge < -0.3 is 9.72 Å². The normalized spacial score (nSPS) is 10.2. The van der Waals surface area contributed by atoms with E-state index in [-0.39, 0.29) is 11.3 Å². The van der Waals surface area contributed by atoms with Gasteiger partial charge in [0.05, 0.1) is 12.7 Å². The monoisotopic (exact) mass is 236 g/mol. The highest BCUT2D eigenvalue weighted by molar-refractivity contribution is 5.62. The smallest absolute Gasteiger partial charge is 0.325 e. The van der Waals surface area contributed by atoms with Crippen molar-refractivity contribution in [2.45, 2.75) is 0 Å². The van der Waals surface area contributed by atoms with Crippen LogP contribution in [0, 0.1) is 5.82 Å². The van der Waals surface area contributed by atoms with E-state index in [2.05, 4.69) is 9.97 Å². The second-order valence-electron chi connectivity index (χ2n) is 3.33. The van der Waals surface area contributed by atoms with Gasteiger partial charge in [-0.25, -0.2) is 9.18 Å². The van der Waals surface area contributed by atoms with Crippen LogP contribution in [0.3, 0.4) is 0 Å². The van der Waals surface area contributed by atoms with E-state index in [1.54, 1.807) is 0 Å². The number of aromatic nitrogens is 2. The van der Waals surface area contributed by atoms with Crippen LogP contribution < -0.4 is 16.0 Å². The molecule has 0 fully saturated rings. The third kappa shape index (κ3) is 2.10. The summed E-state index contributed by atoms with van der Waals surface area (Å²) >= 11 is 0. The lowest BCUT2D eigenvalue weighted by Gasteiger charge is -2.04. The van der Waals surface area contributed by atoms with Crippen LogP contribution >= 0.6 is 0 Å². The van der Waals surface area contributed by atoms with E-state index in [9.17, 15) is 14.0 Å². The van der Waals surface area contributed by atoms with Gasteiger partial charge in [-0.2, -0.15) is 0 Å². The molecular weight excluding hydrogens is 227 g/mol. The van der Waals surface area contributed by atoms with Gasteiger partial charge in [-0.15, -0.1) is 0 Å². The fourth-order valence-corrected chi connectivity index (χ4v) is 1.46. The van der Waals surface area contributed by atoms with Crippen molar-refractivity contribution in [3.63, 3.8) is 0 Å². The number of rotatable bonds is 2. The number of benzene rings is 1. The Bertz CT molecular complexity index is 660. The summed E-state index contributed by atoms with van der Waals surface area (Å²) in [5, 5.41) is 0. The summed E-state index contributed by atoms with van der Waals surface area (Å²) in [6.07, 6.45) is 1.24. The highest BCUT2D eigenvalue weighted by Gasteiger charge is 2.08. The van der Waals surface area contributed by atoms with Crippen LogP contribution in [0.25, 0.3) is 11.1 Å². The van der Waals surface area contributed by atoms with Crippen LogP contribution in [0.1, 0.15) is 0 Å². The first-order chi connectivity index (χ1) is 8.11. The molecule has 0 spiro atoms. The molecule has 0 radical (unpaired) electrons. The maximum atomic E-state index is 13.4. The molecule has 0 saturated carbocycles. The minimum atomic E-state index is -0.604. The van der Waals surface area contributed by atoms with Gasteiger partial charge in [-0.3, -0.25) is 9.78 Å². The van der Waals surface area contributed by atoms with Crippen molar-refractivity contribution >= 4 is 0 Å². The molecular formula is C11H9FN2O3. The molecule has 0 amide bonds. The largest absolute Gasteiger partial charge is 0.494 e. The van der Waals surface area contributed by atoms with Gasteiger partial charge >= 0.3 is 5.69 Å². The van der Waals surface area contributed by atoms with Crippen LogP contribution in [0.2, 0.25) is 0 Å². The molecule has 1 heterocycles. The van der Waals surface area contributed by atoms with Gasteiger partial charge in [0.2, 0.25) is 0 Å². The number of nitrogens with one attached hydrogen (secondary N) is 2. The summed E-state index contributed by atoms with van der Waals surface area (Å²) in [4.78, 5) is 26.7. The van der Waals surface area contributed by atoms with E-state index in [0.29, 0.717) is 5.56 Å². The molecule has 17 heavy (non-hydrogen) atoms. The average Bonchev–Trinajstić information content (AvgIpc) is 2.29. The van der Waals surface area contributed by atoms with E-state index in [1.165, 1.54) is 31.5 Å². The van der Waals surface area contributed by atoms with Crippen LogP contribution in [-0.2, 0) is 0 Å². The molecule has 0 unspecified atom stereocenters. The number of ether oxygens (including phenoxy) is 1. The maximum absolute atomic E-state index is 13.4. The van der Waals surface area contributed by atoms with Crippen LogP contribution in [0.4, 0.5) is 4.39 Å². The lowest BCUT2D eigenvalue weighted by molar-refractivity contribution is 0.386. The molecule has 0 atom stereocenters. The summed E-state index contributed by atoms with van der Waals surface area (Å²) in [6, 6.07) is 4.11. The molecule has 5 nitrogen and oxygen atoms in total. The molecule has 1 aromatic heterocycles. The molecule has 0 aliphatic carbocycles. The van der Waals surface area contributed by atoms with Crippen molar-refractivity contribution in [3.05, 3.63) is 51.1 Å². The van der Waals surface area contributed by atoms with Gasteiger partial charge in [0, 0.05) is 6.20 Å². The van der Waals surface area contributed by atoms with E-state index in [0.717, 1.165) is 0 Å². The minimum absolute atomic E-state index is 0.0922. The van der Waals surface area contributed by atoms with E-state index in [1.807, 2.05) is 0 Å². The van der Waals surface area contributed by atoms with Gasteiger partial charge in [-0.05, 0) is 17.7 Å². The quantitative estimate of drug-likeness (QED) is 0.812. The summed E-state index contributed by atoms with van der Waals surface area (Å²) in [5.74, 6) is -0.481. The van der Waals surface area contributed by atoms with Crippen molar-refractivity contribution in [1.82, 2.24) is 9.97 Å². The van der Waals surface area contributed by atoms with Gasteiger partial charge in [0.25, 0.3) is 5.56 Å². The predicted octanol–water partition coefficient (Wildman–Crippen LogP) is 0.878. The van der Waals surface area contributed by atoms with E-state index < -0.39 is 17.1 Å². The van der Waals surface area contributed by atoms with Crippen molar-refractivity contribution < 1.29 is 9.13 Å². The standard InChI is InChI=1S/C11H9FN2O3/c1-17-9-3-2-6(4-8(9)12)7-5-13-11(16)14-10(7)15/h2-5H,1H3,(H2,13,14,15,16). The summed E-state index contributed by atoms with van der Waals surface area (Å²) in [5.41, 5.74) is -0.627. The molecule has 2 N–H and O–H groups in total. The minimum Gasteiger partial charge on any atom is -0.494 e. The first-order valence-electron chi connectivity index (χ1n) is 4.77. The Morgan fingerprint density at radius 3 is 2.65 bits per heavy atom. The highest BCUT2D eigenvalue weighted by atomic mass is 19.1. The maximum Gasteiger partial charge on any atom is 0.325 e. The summed E-state index contributed by atoms with van der Waals surface area (Å²) < 4.78 is 18.2. The first kappa shape index (κ1) is 11.1. The van der Waals surface area contributed by atoms with Crippen molar-refractivity contribution in [1.29, 1.82) is 0 Å². The topological polar surface area (TPSA) is 75.0 Å². The van der Waals surface area contributed by atoms with Crippen molar-refractivity contribution in [3.8, 4) is 16.9 Å². The number of hydrogen-bond donors (Lipinski definition) is 2. The zero-order valence-electron chi connectivity index (χ0n) is 8.91. The van der Waals surface area contributed by atoms with E-state index in [4.69, 9.17) is 4.74 Å². The van der Waals surface area contributed by atoms with Gasteiger partial charge in [-0.1, -0.05) is 6.07 Å². The SMILES string of the molecule is COc1ccc(-c2c[nH]c(=O)[nH]c2=O)cc1F. The predicted molar refractivity (Wildman–Crippen MR) is 59.6 cm³/mol. The Labute approximate surface area is 94.9 Å². The molecule has 0 saturated heterocycles. The molecule has 6 heteroatoms. The van der Waals surface area contributed by atoms with Gasteiger partial charge in [0.15, 0.2) is 11.6 Å². The highest BCUT2D eigenvalue weighted by Crippen LogP contribution is 2.22. The number of halogens is 1. The Kier molecular flexibility index (Phi) is 2.78. The third-order valence-electron chi connectivity index (χ3n) is 2.28. The Morgan fingerprint density at radius 2 is 2.06 bits per heavy atom. The van der Waals surface area contributed by atoms with Gasteiger partial charge in [0.1, 0.15) is 0 Å². The number of methoxy groups -OCH3 is 1. The second kappa shape index (κ2) is 4.25. The fraction of sp³-hybridized carbons (Fsp3) is 0.0909. The van der Waals surface area contributed by atoms with Crippen LogP contribution in [0.5, 0.6) is 5.75 Å². The van der Waals surface area contributed by atoms with Crippen molar-refractivity contribution in [2.24, 2.45) is 0 Å². The average molecular weight is 236 g/mol. The molecule has 2 rings (SSSR count). The number of hydrogen-bond acceptors (Lipinski definition) is 3.